The third-order valence-corrected chi connectivity index (χ3v) is 3.26. The van der Waals surface area contributed by atoms with Gasteiger partial charge in [0.1, 0.15) is 6.61 Å². The number of nitrogens with zero attached hydrogens (tertiary/aromatic N) is 2. The molecule has 0 unspecified atom stereocenters. The molecule has 1 heterocycles. The largest absolute Gasteiger partial charge is 0.472 e. The second-order valence-electron chi connectivity index (χ2n) is 3.82. The van der Waals surface area contributed by atoms with Crippen LogP contribution in [0.5, 0.6) is 5.88 Å². The molecule has 0 saturated carbocycles. The van der Waals surface area contributed by atoms with Crippen molar-refractivity contribution in [2.45, 2.75) is 6.61 Å². The van der Waals surface area contributed by atoms with Crippen molar-refractivity contribution in [3.8, 4) is 5.88 Å². The second kappa shape index (κ2) is 5.85. The fourth-order valence-electron chi connectivity index (χ4n) is 1.60. The van der Waals surface area contributed by atoms with Crippen LogP contribution in [0.2, 0.25) is 0 Å². The van der Waals surface area contributed by atoms with E-state index in [1.807, 2.05) is 0 Å². The fraction of sp³-hybridized carbons (Fsp3) is 0.167. The topological polar surface area (TPSA) is 76.4 Å². The summed E-state index contributed by atoms with van der Waals surface area (Å²) >= 11 is 3.36. The van der Waals surface area contributed by atoms with Gasteiger partial charge in [0.05, 0.1) is 0 Å². The Morgan fingerprint density at radius 2 is 2.32 bits per heavy atom. The maximum absolute atomic E-state index is 11.5. The molecule has 0 fully saturated rings. The summed E-state index contributed by atoms with van der Waals surface area (Å²) in [5, 5.41) is 12.8. The molecule has 2 rings (SSSR count). The normalized spacial score (nSPS) is 10.3. The first-order chi connectivity index (χ1) is 9.11. The number of hydroxylamine groups is 1. The summed E-state index contributed by atoms with van der Waals surface area (Å²) in [7, 11) is 1.79. The van der Waals surface area contributed by atoms with E-state index in [2.05, 4.69) is 21.0 Å². The molecule has 0 radical (unpaired) electrons. The highest BCUT2D eigenvalue weighted by molar-refractivity contribution is 9.10. The van der Waals surface area contributed by atoms with Crippen LogP contribution in [0.4, 0.5) is 0 Å². The molecule has 0 bridgehead atoms. The average Bonchev–Trinajstić information content (AvgIpc) is 2.82. The van der Waals surface area contributed by atoms with Crippen molar-refractivity contribution in [1.82, 2.24) is 15.3 Å². The van der Waals surface area contributed by atoms with Gasteiger partial charge in [0.25, 0.3) is 5.91 Å². The van der Waals surface area contributed by atoms with Gasteiger partial charge in [-0.3, -0.25) is 14.7 Å². The van der Waals surface area contributed by atoms with Crippen LogP contribution in [-0.2, 0) is 13.7 Å². The van der Waals surface area contributed by atoms with Crippen molar-refractivity contribution in [2.75, 3.05) is 0 Å². The van der Waals surface area contributed by atoms with E-state index in [1.54, 1.807) is 47.7 Å². The Balaban J connectivity index is 2.21. The van der Waals surface area contributed by atoms with Crippen LogP contribution in [0.3, 0.4) is 0 Å². The number of carbonyl (C=O) groups excluding carboxylic acids is 1. The molecule has 1 aromatic carbocycles. The van der Waals surface area contributed by atoms with Crippen LogP contribution < -0.4 is 10.2 Å². The number of carbonyl (C=O) groups is 1. The molecule has 0 atom stereocenters. The number of aromatic nitrogens is 2. The van der Waals surface area contributed by atoms with Gasteiger partial charge in [-0.25, -0.2) is 5.48 Å². The number of rotatable bonds is 4. The predicted octanol–water partition coefficient (Wildman–Crippen LogP) is 1.88. The predicted molar refractivity (Wildman–Crippen MR) is 70.9 cm³/mol. The van der Waals surface area contributed by atoms with Crippen molar-refractivity contribution < 1.29 is 14.7 Å². The summed E-state index contributed by atoms with van der Waals surface area (Å²) in [5.74, 6) is -0.116. The summed E-state index contributed by atoms with van der Waals surface area (Å²) in [6, 6.07) is 6.83. The second-order valence-corrected chi connectivity index (χ2v) is 4.68. The first-order valence-electron chi connectivity index (χ1n) is 5.46. The molecule has 2 N–H and O–H groups in total. The Hall–Kier alpha value is -1.86. The van der Waals surface area contributed by atoms with Crippen molar-refractivity contribution in [2.24, 2.45) is 7.05 Å². The maximum atomic E-state index is 11.5. The summed E-state index contributed by atoms with van der Waals surface area (Å²) in [4.78, 5) is 11.5. The Kier molecular flexibility index (Phi) is 4.18. The lowest BCUT2D eigenvalue weighted by atomic mass is 10.1. The van der Waals surface area contributed by atoms with Gasteiger partial charge in [-0.15, -0.1) is 5.10 Å². The third-order valence-electron chi connectivity index (χ3n) is 2.52. The zero-order valence-corrected chi connectivity index (χ0v) is 11.7. The van der Waals surface area contributed by atoms with E-state index >= 15 is 0 Å². The van der Waals surface area contributed by atoms with Crippen molar-refractivity contribution in [3.63, 3.8) is 0 Å². The fourth-order valence-corrected chi connectivity index (χ4v) is 2.08. The van der Waals surface area contributed by atoms with Crippen LogP contribution in [0.15, 0.2) is 34.9 Å². The van der Waals surface area contributed by atoms with Crippen LogP contribution in [0, 0.1) is 0 Å². The first kappa shape index (κ1) is 13.6. The molecule has 6 nitrogen and oxygen atoms in total. The highest BCUT2D eigenvalue weighted by Gasteiger charge is 2.14. The Morgan fingerprint density at radius 1 is 1.53 bits per heavy atom. The van der Waals surface area contributed by atoms with Gasteiger partial charge in [0.15, 0.2) is 0 Å². The zero-order valence-electron chi connectivity index (χ0n) is 10.1. The van der Waals surface area contributed by atoms with E-state index in [-0.39, 0.29) is 6.61 Å². The molecule has 19 heavy (non-hydrogen) atoms. The Morgan fingerprint density at radius 3 is 2.95 bits per heavy atom. The van der Waals surface area contributed by atoms with Crippen molar-refractivity contribution in [3.05, 3.63) is 46.1 Å². The molecule has 7 heteroatoms. The monoisotopic (exact) mass is 325 g/mol. The van der Waals surface area contributed by atoms with E-state index in [1.165, 1.54) is 0 Å². The highest BCUT2D eigenvalue weighted by atomic mass is 79.9. The lowest BCUT2D eigenvalue weighted by Gasteiger charge is -2.10. The van der Waals surface area contributed by atoms with Gasteiger partial charge < -0.3 is 4.74 Å². The number of ether oxygens (including phenoxy) is 1. The SMILES string of the molecule is Cn1ccc(OCc2c(Br)cccc2C(=O)NO)n1. The molecule has 1 amide bonds. The van der Waals surface area contributed by atoms with Crippen LogP contribution in [0.1, 0.15) is 15.9 Å². The molecule has 0 aliphatic heterocycles. The Labute approximate surface area is 118 Å². The molecule has 0 spiro atoms. The van der Waals surface area contributed by atoms with E-state index < -0.39 is 5.91 Å². The molecular weight excluding hydrogens is 314 g/mol. The van der Waals surface area contributed by atoms with E-state index in [4.69, 9.17) is 9.94 Å². The molecule has 0 saturated heterocycles. The standard InChI is InChI=1S/C12H12BrN3O3/c1-16-6-5-11(14-16)19-7-9-8(12(17)15-18)3-2-4-10(9)13/h2-6,18H,7H2,1H3,(H,15,17). The lowest BCUT2D eigenvalue weighted by molar-refractivity contribution is 0.0703. The summed E-state index contributed by atoms with van der Waals surface area (Å²) in [6.45, 7) is 0.168. The number of benzene rings is 1. The minimum absolute atomic E-state index is 0.168. The number of aryl methyl sites for hydroxylation is 1. The molecule has 0 aliphatic rings. The smallest absolute Gasteiger partial charge is 0.275 e. The van der Waals surface area contributed by atoms with Gasteiger partial charge >= 0.3 is 0 Å². The van der Waals surface area contributed by atoms with Gasteiger partial charge in [-0.1, -0.05) is 22.0 Å². The first-order valence-corrected chi connectivity index (χ1v) is 6.25. The third kappa shape index (κ3) is 3.12. The molecule has 1 aromatic heterocycles. The highest BCUT2D eigenvalue weighted by Crippen LogP contribution is 2.22. The minimum Gasteiger partial charge on any atom is -0.472 e. The molecule has 0 aliphatic carbocycles. The van der Waals surface area contributed by atoms with E-state index in [0.29, 0.717) is 17.0 Å². The quantitative estimate of drug-likeness (QED) is 0.664. The number of halogens is 1. The number of hydrogen-bond acceptors (Lipinski definition) is 4. The minimum atomic E-state index is -0.582. The number of amides is 1. The number of nitrogens with one attached hydrogen (secondary N) is 1. The molecule has 2 aromatic rings. The van der Waals surface area contributed by atoms with E-state index in [0.717, 1.165) is 4.47 Å². The van der Waals surface area contributed by atoms with Crippen LogP contribution >= 0.6 is 15.9 Å². The Bertz CT molecular complexity index is 598. The van der Waals surface area contributed by atoms with Gasteiger partial charge in [-0.2, -0.15) is 0 Å². The maximum Gasteiger partial charge on any atom is 0.275 e. The zero-order chi connectivity index (χ0) is 13.8. The molecule has 100 valence electrons. The number of hydrogen-bond donors (Lipinski definition) is 2. The summed E-state index contributed by atoms with van der Waals surface area (Å²) in [6.07, 6.45) is 1.76. The molecular formula is C12H12BrN3O3. The van der Waals surface area contributed by atoms with Crippen molar-refractivity contribution >= 4 is 21.8 Å². The van der Waals surface area contributed by atoms with E-state index in [9.17, 15) is 4.79 Å². The van der Waals surface area contributed by atoms with Crippen molar-refractivity contribution in [1.29, 1.82) is 0 Å². The van der Waals surface area contributed by atoms with Crippen LogP contribution in [0.25, 0.3) is 0 Å². The summed E-state index contributed by atoms with van der Waals surface area (Å²) in [5.41, 5.74) is 2.60. The van der Waals surface area contributed by atoms with Gasteiger partial charge in [0, 0.05) is 34.9 Å². The van der Waals surface area contributed by atoms with Gasteiger partial charge in [0.2, 0.25) is 5.88 Å². The average molecular weight is 326 g/mol. The van der Waals surface area contributed by atoms with Crippen LogP contribution in [-0.4, -0.2) is 20.9 Å². The summed E-state index contributed by atoms with van der Waals surface area (Å²) < 4.78 is 7.85. The van der Waals surface area contributed by atoms with Gasteiger partial charge in [-0.05, 0) is 12.1 Å². The lowest BCUT2D eigenvalue weighted by Crippen LogP contribution is -2.21.